The molecule has 2 atom stereocenters. The van der Waals surface area contributed by atoms with Crippen LogP contribution in [-0.4, -0.2) is 23.9 Å². The molecule has 13 heavy (non-hydrogen) atoms. The number of aliphatic hydroxyl groups is 1. The monoisotopic (exact) mass is 188 g/mol. The van der Waals surface area contributed by atoms with Crippen molar-refractivity contribution < 1.29 is 9.84 Å². The predicted octanol–water partition coefficient (Wildman–Crippen LogP) is 2.60. The third-order valence-corrected chi connectivity index (χ3v) is 2.58. The van der Waals surface area contributed by atoms with Crippen LogP contribution in [0.15, 0.2) is 0 Å². The van der Waals surface area contributed by atoms with Gasteiger partial charge >= 0.3 is 0 Å². The molecule has 0 rings (SSSR count). The maximum absolute atomic E-state index is 9.07. The van der Waals surface area contributed by atoms with E-state index in [-0.39, 0.29) is 17.6 Å². The zero-order chi connectivity index (χ0) is 10.5. The molecule has 0 saturated heterocycles. The number of hydrogen-bond donors (Lipinski definition) is 1. The molecule has 0 aromatic rings. The number of aliphatic hydroxyl groups excluding tert-OH is 1. The van der Waals surface area contributed by atoms with Gasteiger partial charge in [0.15, 0.2) is 0 Å². The van der Waals surface area contributed by atoms with Crippen LogP contribution in [0.3, 0.4) is 0 Å². The molecule has 2 nitrogen and oxygen atoms in total. The molecule has 0 heterocycles. The number of ether oxygens (including phenoxy) is 1. The minimum atomic E-state index is -0.361. The molecule has 0 bridgehead atoms. The lowest BCUT2D eigenvalue weighted by atomic mass is 9.83. The lowest BCUT2D eigenvalue weighted by Crippen LogP contribution is -2.31. The van der Waals surface area contributed by atoms with Gasteiger partial charge in [0.25, 0.3) is 0 Å². The summed E-state index contributed by atoms with van der Waals surface area (Å²) in [6.45, 7) is 10.9. The molecular weight excluding hydrogens is 164 g/mol. The summed E-state index contributed by atoms with van der Waals surface area (Å²) in [4.78, 5) is 0. The van der Waals surface area contributed by atoms with Crippen molar-refractivity contribution in [2.45, 2.75) is 59.7 Å². The lowest BCUT2D eigenvalue weighted by molar-refractivity contribution is -0.0498. The molecule has 0 aromatic carbocycles. The second-order valence-corrected chi connectivity index (χ2v) is 4.56. The van der Waals surface area contributed by atoms with Gasteiger partial charge in [0, 0.05) is 0 Å². The van der Waals surface area contributed by atoms with E-state index in [0.29, 0.717) is 6.61 Å². The summed E-state index contributed by atoms with van der Waals surface area (Å²) < 4.78 is 5.57. The van der Waals surface area contributed by atoms with E-state index in [1.165, 1.54) is 6.42 Å². The minimum absolute atomic E-state index is 0.210. The quantitative estimate of drug-likeness (QED) is 0.694. The van der Waals surface area contributed by atoms with Crippen LogP contribution in [-0.2, 0) is 4.74 Å². The summed E-state index contributed by atoms with van der Waals surface area (Å²) in [6, 6.07) is 0. The van der Waals surface area contributed by atoms with Crippen LogP contribution < -0.4 is 0 Å². The van der Waals surface area contributed by atoms with Crippen molar-refractivity contribution in [3.63, 3.8) is 0 Å². The Morgan fingerprint density at radius 3 is 2.23 bits per heavy atom. The van der Waals surface area contributed by atoms with Crippen LogP contribution in [0.1, 0.15) is 47.5 Å². The second-order valence-electron chi connectivity index (χ2n) is 4.56. The fraction of sp³-hybridized carbons (Fsp3) is 1.00. The largest absolute Gasteiger partial charge is 0.391 e. The average Bonchev–Trinajstić information content (AvgIpc) is 1.99. The van der Waals surface area contributed by atoms with E-state index in [1.807, 2.05) is 0 Å². The summed E-state index contributed by atoms with van der Waals surface area (Å²) in [5.41, 5.74) is 0.212. The highest BCUT2D eigenvalue weighted by atomic mass is 16.5. The first-order valence-corrected chi connectivity index (χ1v) is 5.19. The van der Waals surface area contributed by atoms with Gasteiger partial charge in [-0.05, 0) is 25.7 Å². The van der Waals surface area contributed by atoms with Crippen LogP contribution >= 0.6 is 0 Å². The molecule has 0 aliphatic heterocycles. The Kier molecular flexibility index (Phi) is 5.57. The third-order valence-electron chi connectivity index (χ3n) is 2.58. The van der Waals surface area contributed by atoms with Crippen molar-refractivity contribution in [1.29, 1.82) is 0 Å². The first kappa shape index (κ1) is 12.9. The van der Waals surface area contributed by atoms with Gasteiger partial charge in [0.05, 0.1) is 18.8 Å². The van der Waals surface area contributed by atoms with Crippen LogP contribution in [0.2, 0.25) is 0 Å². The summed E-state index contributed by atoms with van der Waals surface area (Å²) >= 11 is 0. The number of rotatable bonds is 6. The fourth-order valence-electron chi connectivity index (χ4n) is 1.36. The first-order valence-electron chi connectivity index (χ1n) is 5.19. The Morgan fingerprint density at radius 1 is 1.31 bits per heavy atom. The highest BCUT2D eigenvalue weighted by Crippen LogP contribution is 2.28. The zero-order valence-corrected chi connectivity index (χ0v) is 9.63. The Bertz CT molecular complexity index is 130. The van der Waals surface area contributed by atoms with E-state index >= 15 is 0 Å². The van der Waals surface area contributed by atoms with Crippen LogP contribution in [0.5, 0.6) is 0 Å². The summed E-state index contributed by atoms with van der Waals surface area (Å²) in [7, 11) is 0. The smallest absolute Gasteiger partial charge is 0.0745 e. The van der Waals surface area contributed by atoms with Gasteiger partial charge in [0.1, 0.15) is 0 Å². The van der Waals surface area contributed by atoms with Gasteiger partial charge in [-0.25, -0.2) is 0 Å². The molecule has 80 valence electrons. The Morgan fingerprint density at radius 2 is 1.85 bits per heavy atom. The van der Waals surface area contributed by atoms with Crippen molar-refractivity contribution >= 4 is 0 Å². The minimum Gasteiger partial charge on any atom is -0.391 e. The molecule has 0 aliphatic carbocycles. The molecule has 0 aliphatic rings. The predicted molar refractivity (Wildman–Crippen MR) is 55.8 cm³/mol. The second kappa shape index (κ2) is 5.61. The molecule has 1 N–H and O–H groups in total. The summed E-state index contributed by atoms with van der Waals surface area (Å²) in [6.07, 6.45) is 2.19. The van der Waals surface area contributed by atoms with Crippen LogP contribution in [0, 0.1) is 5.41 Å². The van der Waals surface area contributed by atoms with Crippen molar-refractivity contribution in [1.82, 2.24) is 0 Å². The Hall–Kier alpha value is -0.0800. The molecule has 0 amide bonds. The molecule has 2 heteroatoms. The SMILES string of the molecule is CCCC(C)(C)C(C)OCC(C)O. The van der Waals surface area contributed by atoms with Gasteiger partial charge in [-0.3, -0.25) is 0 Å². The highest BCUT2D eigenvalue weighted by molar-refractivity contribution is 4.75. The molecular formula is C11H24O2. The Labute approximate surface area is 82.3 Å². The van der Waals surface area contributed by atoms with Gasteiger partial charge in [0.2, 0.25) is 0 Å². The van der Waals surface area contributed by atoms with Crippen molar-refractivity contribution in [2.75, 3.05) is 6.61 Å². The van der Waals surface area contributed by atoms with Gasteiger partial charge in [-0.2, -0.15) is 0 Å². The van der Waals surface area contributed by atoms with E-state index in [1.54, 1.807) is 6.92 Å². The fourth-order valence-corrected chi connectivity index (χ4v) is 1.36. The van der Waals surface area contributed by atoms with Gasteiger partial charge in [-0.15, -0.1) is 0 Å². The number of hydrogen-bond acceptors (Lipinski definition) is 2. The zero-order valence-electron chi connectivity index (χ0n) is 9.63. The van der Waals surface area contributed by atoms with Gasteiger partial charge < -0.3 is 9.84 Å². The first-order chi connectivity index (χ1) is 5.90. The van der Waals surface area contributed by atoms with E-state index in [9.17, 15) is 0 Å². The maximum Gasteiger partial charge on any atom is 0.0745 e. The van der Waals surface area contributed by atoms with Crippen molar-refractivity contribution in [2.24, 2.45) is 5.41 Å². The normalized spacial score (nSPS) is 17.1. The maximum atomic E-state index is 9.07. The topological polar surface area (TPSA) is 29.5 Å². The molecule has 0 aromatic heterocycles. The Balaban J connectivity index is 3.86. The van der Waals surface area contributed by atoms with E-state index in [0.717, 1.165) is 6.42 Å². The summed E-state index contributed by atoms with van der Waals surface area (Å²) in [5.74, 6) is 0. The summed E-state index contributed by atoms with van der Waals surface area (Å²) in [5, 5.41) is 9.07. The third kappa shape index (κ3) is 5.27. The molecule has 0 spiro atoms. The average molecular weight is 188 g/mol. The molecule has 0 radical (unpaired) electrons. The van der Waals surface area contributed by atoms with Crippen LogP contribution in [0.4, 0.5) is 0 Å². The molecule has 0 fully saturated rings. The highest BCUT2D eigenvalue weighted by Gasteiger charge is 2.25. The molecule has 2 unspecified atom stereocenters. The van der Waals surface area contributed by atoms with E-state index < -0.39 is 0 Å². The van der Waals surface area contributed by atoms with Crippen molar-refractivity contribution in [3.05, 3.63) is 0 Å². The van der Waals surface area contributed by atoms with E-state index in [2.05, 4.69) is 27.7 Å². The van der Waals surface area contributed by atoms with Crippen molar-refractivity contribution in [3.8, 4) is 0 Å². The lowest BCUT2D eigenvalue weighted by Gasteiger charge is -2.31. The standard InChI is InChI=1S/C11H24O2/c1-6-7-11(4,5)10(3)13-8-9(2)12/h9-10,12H,6-8H2,1-5H3. The van der Waals surface area contributed by atoms with E-state index in [4.69, 9.17) is 9.84 Å². The molecule has 0 saturated carbocycles. The van der Waals surface area contributed by atoms with Crippen LogP contribution in [0.25, 0.3) is 0 Å². The van der Waals surface area contributed by atoms with Gasteiger partial charge in [-0.1, -0.05) is 27.2 Å².